The van der Waals surface area contributed by atoms with Crippen molar-refractivity contribution in [2.24, 2.45) is 11.5 Å². The van der Waals surface area contributed by atoms with Crippen molar-refractivity contribution >= 4 is 29.3 Å². The first-order valence-electron chi connectivity index (χ1n) is 10.3. The summed E-state index contributed by atoms with van der Waals surface area (Å²) in [4.78, 5) is 32.6. The third kappa shape index (κ3) is 4.89. The van der Waals surface area contributed by atoms with Gasteiger partial charge in [-0.25, -0.2) is 0 Å². The second-order valence-corrected chi connectivity index (χ2v) is 7.63. The van der Waals surface area contributed by atoms with E-state index in [0.29, 0.717) is 50.0 Å². The normalized spacial score (nSPS) is 19.2. The lowest BCUT2D eigenvalue weighted by molar-refractivity contribution is 0.0303. The van der Waals surface area contributed by atoms with Crippen molar-refractivity contribution in [3.8, 4) is 0 Å². The Labute approximate surface area is 179 Å². The van der Waals surface area contributed by atoms with E-state index < -0.39 is 5.91 Å². The van der Waals surface area contributed by atoms with Crippen LogP contribution in [0.15, 0.2) is 24.3 Å². The minimum Gasteiger partial charge on any atom is -0.378 e. The highest BCUT2D eigenvalue weighted by Gasteiger charge is 2.23. The minimum atomic E-state index is -0.733. The lowest BCUT2D eigenvalue weighted by atomic mass is 10.1. The summed E-state index contributed by atoms with van der Waals surface area (Å²) in [6, 6.07) is 6.99. The van der Waals surface area contributed by atoms with Gasteiger partial charge in [0.05, 0.1) is 13.2 Å². The van der Waals surface area contributed by atoms with Crippen molar-refractivity contribution in [2.45, 2.75) is 18.9 Å². The number of hydrogen-bond donors (Lipinski definition) is 3. The van der Waals surface area contributed by atoms with Gasteiger partial charge >= 0.3 is 0 Å². The fraction of sp³-hybridized carbons (Fsp3) is 0.450. The van der Waals surface area contributed by atoms with E-state index in [1.54, 1.807) is 29.2 Å². The molecule has 0 bridgehead atoms. The molecule has 1 aromatic heterocycles. The molecule has 2 aliphatic heterocycles. The van der Waals surface area contributed by atoms with Gasteiger partial charge in [0.1, 0.15) is 0 Å². The molecule has 2 aliphatic rings. The molecule has 2 amide bonds. The summed E-state index contributed by atoms with van der Waals surface area (Å²) in [5, 5.41) is 11.1. The number of piperidine rings is 1. The summed E-state index contributed by atoms with van der Waals surface area (Å²) in [6.07, 6.45) is 1.88. The Hall–Kier alpha value is -3.31. The zero-order valence-corrected chi connectivity index (χ0v) is 17.2. The molecule has 3 heterocycles. The van der Waals surface area contributed by atoms with E-state index in [9.17, 15) is 9.59 Å². The molecule has 1 atom stereocenters. The summed E-state index contributed by atoms with van der Waals surface area (Å²) in [6.45, 7) is 3.64. The molecule has 4 rings (SSSR count). The summed E-state index contributed by atoms with van der Waals surface area (Å²) in [7, 11) is 0. The number of carbonyl (C=O) groups is 2. The number of nitrogens with zero attached hydrogens (tertiary/aromatic N) is 5. The van der Waals surface area contributed by atoms with Gasteiger partial charge < -0.3 is 31.3 Å². The van der Waals surface area contributed by atoms with E-state index in [-0.39, 0.29) is 23.5 Å². The van der Waals surface area contributed by atoms with Crippen molar-refractivity contribution < 1.29 is 14.3 Å². The van der Waals surface area contributed by atoms with Crippen LogP contribution in [0.25, 0.3) is 0 Å². The topological polar surface area (TPSA) is 153 Å². The molecule has 0 spiro atoms. The summed E-state index contributed by atoms with van der Waals surface area (Å²) in [5.74, 6) is -0.172. The van der Waals surface area contributed by atoms with Gasteiger partial charge in [-0.05, 0) is 37.1 Å². The number of anilines is 3. The first kappa shape index (κ1) is 20.9. The Bertz CT molecular complexity index is 946. The third-order valence-corrected chi connectivity index (χ3v) is 5.34. The van der Waals surface area contributed by atoms with Crippen molar-refractivity contribution in [1.29, 1.82) is 0 Å². The minimum absolute atomic E-state index is 0.0416. The van der Waals surface area contributed by atoms with Crippen LogP contribution >= 0.6 is 0 Å². The number of primary amides is 1. The van der Waals surface area contributed by atoms with Crippen LogP contribution in [-0.2, 0) is 4.74 Å². The maximum Gasteiger partial charge on any atom is 0.273 e. The van der Waals surface area contributed by atoms with Gasteiger partial charge in [0.25, 0.3) is 11.8 Å². The predicted molar refractivity (Wildman–Crippen MR) is 114 cm³/mol. The summed E-state index contributed by atoms with van der Waals surface area (Å²) < 4.78 is 5.29. The number of nitrogens with two attached hydrogens (primary N) is 2. The van der Waals surface area contributed by atoms with Crippen molar-refractivity contribution in [3.05, 3.63) is 35.5 Å². The van der Waals surface area contributed by atoms with E-state index in [4.69, 9.17) is 16.2 Å². The molecule has 1 unspecified atom stereocenters. The average Bonchev–Trinajstić information content (AvgIpc) is 2.79. The van der Waals surface area contributed by atoms with Crippen LogP contribution in [0, 0.1) is 0 Å². The van der Waals surface area contributed by atoms with Gasteiger partial charge in [-0.1, -0.05) is 0 Å². The molecule has 11 heteroatoms. The molecule has 31 heavy (non-hydrogen) atoms. The highest BCUT2D eigenvalue weighted by molar-refractivity contribution is 5.97. The SMILES string of the molecule is NC(=O)c1nnc(N2CCCC(N)C2)nc1Nc1ccc(C(=O)N2CCOCC2)cc1. The fourth-order valence-corrected chi connectivity index (χ4v) is 3.68. The number of aromatic nitrogens is 3. The standard InChI is InChI=1S/C20H26N8O3/c21-14-2-1-7-28(12-14)20-24-18(16(17(22)29)25-26-20)23-15-5-3-13(4-6-15)19(30)27-8-10-31-11-9-27/h3-6,14H,1-2,7-12,21H2,(H2,22,29)(H,23,24,26). The third-order valence-electron chi connectivity index (χ3n) is 5.34. The van der Waals surface area contributed by atoms with E-state index in [1.165, 1.54) is 0 Å². The number of rotatable bonds is 5. The highest BCUT2D eigenvalue weighted by atomic mass is 16.5. The quantitative estimate of drug-likeness (QED) is 0.605. The first-order valence-corrected chi connectivity index (χ1v) is 10.3. The van der Waals surface area contributed by atoms with E-state index in [1.807, 2.05) is 4.90 Å². The fourth-order valence-electron chi connectivity index (χ4n) is 3.68. The lowest BCUT2D eigenvalue weighted by Crippen LogP contribution is -2.43. The molecule has 11 nitrogen and oxygen atoms in total. The molecule has 2 saturated heterocycles. The molecular formula is C20H26N8O3. The van der Waals surface area contributed by atoms with Gasteiger partial charge in [0.2, 0.25) is 5.95 Å². The number of hydrogen-bond acceptors (Lipinski definition) is 9. The molecule has 0 aliphatic carbocycles. The lowest BCUT2D eigenvalue weighted by Gasteiger charge is -2.30. The van der Waals surface area contributed by atoms with E-state index >= 15 is 0 Å². The van der Waals surface area contributed by atoms with Crippen LogP contribution in [0.5, 0.6) is 0 Å². The molecule has 164 valence electrons. The number of benzene rings is 1. The largest absolute Gasteiger partial charge is 0.378 e. The van der Waals surface area contributed by atoms with E-state index in [2.05, 4.69) is 20.5 Å². The zero-order chi connectivity index (χ0) is 21.8. The Balaban J connectivity index is 1.52. The molecule has 2 aromatic rings. The zero-order valence-electron chi connectivity index (χ0n) is 17.2. The maximum atomic E-state index is 12.6. The number of nitrogens with one attached hydrogen (secondary N) is 1. The molecule has 5 N–H and O–H groups in total. The van der Waals surface area contributed by atoms with Crippen molar-refractivity contribution in [1.82, 2.24) is 20.1 Å². The molecule has 0 radical (unpaired) electrons. The van der Waals surface area contributed by atoms with Crippen LogP contribution in [0.3, 0.4) is 0 Å². The van der Waals surface area contributed by atoms with Crippen LogP contribution in [0.4, 0.5) is 17.5 Å². The van der Waals surface area contributed by atoms with Gasteiger partial charge in [0, 0.05) is 43.5 Å². The average molecular weight is 426 g/mol. The molecule has 2 fully saturated rings. The number of carbonyl (C=O) groups excluding carboxylic acids is 2. The van der Waals surface area contributed by atoms with Crippen LogP contribution in [0.1, 0.15) is 33.7 Å². The smallest absolute Gasteiger partial charge is 0.273 e. The molecule has 0 saturated carbocycles. The second-order valence-electron chi connectivity index (χ2n) is 7.63. The Morgan fingerprint density at radius 2 is 1.84 bits per heavy atom. The Morgan fingerprint density at radius 3 is 2.52 bits per heavy atom. The predicted octanol–water partition coefficient (Wildman–Crippen LogP) is 0.114. The van der Waals surface area contributed by atoms with Gasteiger partial charge in [-0.2, -0.15) is 4.98 Å². The maximum absolute atomic E-state index is 12.6. The molecular weight excluding hydrogens is 400 g/mol. The van der Waals surface area contributed by atoms with Crippen LogP contribution in [-0.4, -0.2) is 77.3 Å². The van der Waals surface area contributed by atoms with Crippen molar-refractivity contribution in [3.63, 3.8) is 0 Å². The van der Waals surface area contributed by atoms with Crippen LogP contribution in [0.2, 0.25) is 0 Å². The number of ether oxygens (including phenoxy) is 1. The van der Waals surface area contributed by atoms with Gasteiger partial charge in [0.15, 0.2) is 11.5 Å². The summed E-state index contributed by atoms with van der Waals surface area (Å²) >= 11 is 0. The van der Waals surface area contributed by atoms with Crippen LogP contribution < -0.4 is 21.7 Å². The first-order chi connectivity index (χ1) is 15.0. The van der Waals surface area contributed by atoms with Gasteiger partial charge in [-0.15, -0.1) is 10.2 Å². The molecule has 1 aromatic carbocycles. The van der Waals surface area contributed by atoms with E-state index in [0.717, 1.165) is 19.4 Å². The monoisotopic (exact) mass is 426 g/mol. The number of morpholine rings is 1. The highest BCUT2D eigenvalue weighted by Crippen LogP contribution is 2.22. The summed E-state index contributed by atoms with van der Waals surface area (Å²) in [5.41, 5.74) is 12.7. The Morgan fingerprint density at radius 1 is 1.10 bits per heavy atom. The van der Waals surface area contributed by atoms with Crippen molar-refractivity contribution in [2.75, 3.05) is 49.6 Å². The Kier molecular flexibility index (Phi) is 6.23. The van der Waals surface area contributed by atoms with Gasteiger partial charge in [-0.3, -0.25) is 9.59 Å². The number of amides is 2. The second kappa shape index (κ2) is 9.23.